The Morgan fingerprint density at radius 2 is 1.73 bits per heavy atom. The first-order valence-electron chi connectivity index (χ1n) is 9.79. The Kier molecular flexibility index (Phi) is 5.59. The van der Waals surface area contributed by atoms with Crippen molar-refractivity contribution in [2.24, 2.45) is 0 Å². The van der Waals surface area contributed by atoms with Crippen LogP contribution in [0, 0.1) is 6.92 Å². The van der Waals surface area contributed by atoms with Gasteiger partial charge in [0.15, 0.2) is 15.3 Å². The van der Waals surface area contributed by atoms with Gasteiger partial charge in [-0.15, -0.1) is 9.40 Å². The number of nitrogens with zero attached hydrogens (tertiary/aromatic N) is 3. The van der Waals surface area contributed by atoms with Crippen molar-refractivity contribution >= 4 is 10.4 Å². The van der Waals surface area contributed by atoms with Gasteiger partial charge in [0.2, 0.25) is 0 Å². The van der Waals surface area contributed by atoms with E-state index in [0.717, 1.165) is 5.56 Å². The number of aryl methyl sites for hydroxylation is 1. The highest BCUT2D eigenvalue weighted by molar-refractivity contribution is 7.95. The number of ether oxygens (including phenoxy) is 1. The minimum absolute atomic E-state index is 0.00154. The Balaban J connectivity index is 1.47. The van der Waals surface area contributed by atoms with E-state index in [2.05, 4.69) is 10.1 Å². The predicted molar refractivity (Wildman–Crippen MR) is 113 cm³/mol. The van der Waals surface area contributed by atoms with Gasteiger partial charge in [0, 0.05) is 19.0 Å². The minimum atomic E-state index is -3.51. The summed E-state index contributed by atoms with van der Waals surface area (Å²) in [7, 11) is -1.93. The number of sulfonamides is 1. The van der Waals surface area contributed by atoms with Gasteiger partial charge < -0.3 is 9.29 Å². The van der Waals surface area contributed by atoms with Gasteiger partial charge in [-0.1, -0.05) is 21.9 Å². The lowest BCUT2D eigenvalue weighted by Crippen LogP contribution is -2.41. The van der Waals surface area contributed by atoms with Crippen LogP contribution >= 0.6 is 0 Å². The zero-order valence-electron chi connectivity index (χ0n) is 16.9. The molecular weight excluding hydrogens is 404 g/mol. The van der Waals surface area contributed by atoms with Crippen LogP contribution < -0.4 is 10.4 Å². The number of benzene rings is 2. The van der Waals surface area contributed by atoms with E-state index >= 15 is 0 Å². The zero-order chi connectivity index (χ0) is 21.3. The summed E-state index contributed by atoms with van der Waals surface area (Å²) in [5, 5.41) is 4.45. The monoisotopic (exact) mass is 428 g/mol. The second-order valence-electron chi connectivity index (χ2n) is 7.42. The number of aromatic amines is 1. The van der Waals surface area contributed by atoms with E-state index in [4.69, 9.17) is 4.74 Å². The van der Waals surface area contributed by atoms with Crippen LogP contribution in [0.1, 0.15) is 30.1 Å². The van der Waals surface area contributed by atoms with Gasteiger partial charge in [-0.2, -0.15) is 4.68 Å². The molecule has 30 heavy (non-hydrogen) atoms. The summed E-state index contributed by atoms with van der Waals surface area (Å²) in [5.74, 6) is 1.29. The normalized spacial score (nSPS) is 17.6. The average molecular weight is 429 g/mol. The standard InChI is InChI=1S/C21H24N4O4S/c1-15-3-9-19(10-4-15)30(27,28)24-13-11-16(12-14-24)20-22-21(26)25(23-20)17-5-7-18(29-2)8-6-17/h3-10,16H,11-14H2,1-2H3,(H-,22,23,26,27,28). The fraction of sp³-hybridized carbons (Fsp3) is 0.333. The highest BCUT2D eigenvalue weighted by atomic mass is 32.3. The molecule has 0 amide bonds. The van der Waals surface area contributed by atoms with E-state index < -0.39 is 10.4 Å². The lowest BCUT2D eigenvalue weighted by molar-refractivity contribution is 0.287. The van der Waals surface area contributed by atoms with E-state index in [1.807, 2.05) is 6.92 Å². The highest BCUT2D eigenvalue weighted by Gasteiger charge is 2.35. The Labute approximate surface area is 175 Å². The number of hydrogen-bond donors (Lipinski definition) is 1. The number of aromatic nitrogens is 3. The van der Waals surface area contributed by atoms with Crippen LogP contribution in [0.2, 0.25) is 0 Å². The van der Waals surface area contributed by atoms with Crippen molar-refractivity contribution in [3.63, 3.8) is 0 Å². The van der Waals surface area contributed by atoms with Crippen molar-refractivity contribution in [2.75, 3.05) is 20.2 Å². The first-order valence-corrected chi connectivity index (χ1v) is 11.2. The Morgan fingerprint density at radius 3 is 2.33 bits per heavy atom. The second-order valence-corrected chi connectivity index (χ2v) is 9.35. The third-order valence-electron chi connectivity index (χ3n) is 5.45. The Hall–Kier alpha value is -2.75. The van der Waals surface area contributed by atoms with E-state index in [0.29, 0.717) is 48.1 Å². The average Bonchev–Trinajstić information content (AvgIpc) is 3.16. The molecule has 2 aromatic carbocycles. The molecule has 0 radical (unpaired) electrons. The van der Waals surface area contributed by atoms with E-state index in [-0.39, 0.29) is 11.6 Å². The van der Waals surface area contributed by atoms with Crippen molar-refractivity contribution in [2.45, 2.75) is 30.6 Å². The van der Waals surface area contributed by atoms with E-state index in [1.165, 1.54) is 8.99 Å². The third-order valence-corrected chi connectivity index (χ3v) is 7.36. The molecule has 158 valence electrons. The fourth-order valence-corrected chi connectivity index (χ4v) is 5.12. The SMILES string of the molecule is COc1ccc(-n2nc(C3CCN([S+](=O)([O-])c4ccc(C)cc4)CC3)[nH]c2=O)cc1. The Bertz CT molecular complexity index is 1110. The van der Waals surface area contributed by atoms with Crippen LogP contribution in [0.25, 0.3) is 5.69 Å². The molecule has 0 spiro atoms. The molecule has 0 bridgehead atoms. The number of hydrogen-bond acceptors (Lipinski definition) is 5. The lowest BCUT2D eigenvalue weighted by Gasteiger charge is -2.32. The molecule has 1 aliphatic heterocycles. The molecular formula is C21H24N4O4S. The summed E-state index contributed by atoms with van der Waals surface area (Å²) in [6.45, 7) is 2.70. The van der Waals surface area contributed by atoms with Crippen molar-refractivity contribution in [1.82, 2.24) is 19.1 Å². The molecule has 1 saturated heterocycles. The molecule has 1 N–H and O–H groups in total. The number of nitrogens with one attached hydrogen (secondary N) is 1. The van der Waals surface area contributed by atoms with Crippen LogP contribution in [0.5, 0.6) is 5.75 Å². The van der Waals surface area contributed by atoms with Crippen molar-refractivity contribution < 1.29 is 13.5 Å². The maximum atomic E-state index is 12.9. The highest BCUT2D eigenvalue weighted by Crippen LogP contribution is 2.31. The maximum absolute atomic E-state index is 12.9. The largest absolute Gasteiger partial charge is 0.593 e. The van der Waals surface area contributed by atoms with Crippen LogP contribution in [0.3, 0.4) is 0 Å². The Morgan fingerprint density at radius 1 is 1.10 bits per heavy atom. The molecule has 0 saturated carbocycles. The molecule has 9 heteroatoms. The van der Waals surface area contributed by atoms with Crippen LogP contribution in [0.15, 0.2) is 58.2 Å². The van der Waals surface area contributed by atoms with Crippen LogP contribution in [-0.2, 0) is 14.6 Å². The first kappa shape index (κ1) is 20.5. The lowest BCUT2D eigenvalue weighted by atomic mass is 9.98. The topological polar surface area (TPSA) is 103 Å². The van der Waals surface area contributed by atoms with Gasteiger partial charge in [0.1, 0.15) is 11.6 Å². The maximum Gasteiger partial charge on any atom is 0.348 e. The smallest absolute Gasteiger partial charge is 0.348 e. The minimum Gasteiger partial charge on any atom is -0.593 e. The van der Waals surface area contributed by atoms with Gasteiger partial charge in [-0.3, -0.25) is 4.98 Å². The molecule has 1 aromatic heterocycles. The molecule has 1 fully saturated rings. The van der Waals surface area contributed by atoms with Crippen LogP contribution in [-0.4, -0.2) is 43.8 Å². The summed E-state index contributed by atoms with van der Waals surface area (Å²) in [6.07, 6.45) is 1.20. The predicted octanol–water partition coefficient (Wildman–Crippen LogP) is 2.66. The van der Waals surface area contributed by atoms with E-state index in [1.54, 1.807) is 55.6 Å². The van der Waals surface area contributed by atoms with Crippen molar-refractivity contribution in [1.29, 1.82) is 0 Å². The molecule has 3 aromatic rings. The quantitative estimate of drug-likeness (QED) is 0.629. The third kappa shape index (κ3) is 3.96. The molecule has 2 heterocycles. The van der Waals surface area contributed by atoms with Crippen LogP contribution in [0.4, 0.5) is 0 Å². The number of rotatable bonds is 5. The summed E-state index contributed by atoms with van der Waals surface area (Å²) in [5.41, 5.74) is 1.34. The summed E-state index contributed by atoms with van der Waals surface area (Å²) in [6, 6.07) is 14.0. The molecule has 1 aliphatic rings. The molecule has 1 atom stereocenters. The number of piperidine rings is 1. The van der Waals surface area contributed by atoms with Gasteiger partial charge in [0.05, 0.1) is 12.8 Å². The van der Waals surface area contributed by atoms with Crippen molar-refractivity contribution in [3.05, 3.63) is 70.4 Å². The number of H-pyrrole nitrogens is 1. The summed E-state index contributed by atoms with van der Waals surface area (Å²) >= 11 is 0. The number of methoxy groups -OCH3 is 1. The molecule has 1 unspecified atom stereocenters. The van der Waals surface area contributed by atoms with Gasteiger partial charge in [-0.05, 0) is 56.2 Å². The summed E-state index contributed by atoms with van der Waals surface area (Å²) < 4.78 is 33.7. The summed E-state index contributed by atoms with van der Waals surface area (Å²) in [4.78, 5) is 15.5. The fourth-order valence-electron chi connectivity index (χ4n) is 3.65. The first-order chi connectivity index (χ1) is 14.4. The molecule has 8 nitrogen and oxygen atoms in total. The van der Waals surface area contributed by atoms with Gasteiger partial charge in [-0.25, -0.2) is 4.79 Å². The van der Waals surface area contributed by atoms with E-state index in [9.17, 15) is 13.6 Å². The molecule has 0 aliphatic carbocycles. The van der Waals surface area contributed by atoms with Crippen molar-refractivity contribution in [3.8, 4) is 11.4 Å². The van der Waals surface area contributed by atoms with Gasteiger partial charge in [0.25, 0.3) is 0 Å². The molecule has 4 rings (SSSR count). The second kappa shape index (κ2) is 8.17. The zero-order valence-corrected chi connectivity index (χ0v) is 17.7. The van der Waals surface area contributed by atoms with Gasteiger partial charge >= 0.3 is 5.69 Å².